The standard InChI is InChI=1S/C9H14N2O2.CO2/c1-4-13-9(12)8-5-10-11(6-8)7(2)3;2-1-3/h5-7H,4H2,1-3H3;. The van der Waals surface area contributed by atoms with Gasteiger partial charge in [-0.25, -0.2) is 4.79 Å². The fraction of sp³-hybridized carbons (Fsp3) is 0.500. The van der Waals surface area contributed by atoms with Crippen LogP contribution in [0.2, 0.25) is 0 Å². The molecule has 0 amide bonds. The van der Waals surface area contributed by atoms with E-state index in [4.69, 9.17) is 14.3 Å². The third kappa shape index (κ3) is 4.52. The van der Waals surface area contributed by atoms with Crippen molar-refractivity contribution >= 4 is 12.1 Å². The molecule has 16 heavy (non-hydrogen) atoms. The number of esters is 1. The number of nitrogens with zero attached hydrogens (tertiary/aromatic N) is 2. The molecule has 0 bridgehead atoms. The van der Waals surface area contributed by atoms with Gasteiger partial charge in [-0.1, -0.05) is 0 Å². The molecule has 0 atom stereocenters. The summed E-state index contributed by atoms with van der Waals surface area (Å²) in [7, 11) is 0. The molecule has 0 saturated heterocycles. The number of rotatable bonds is 3. The Kier molecular flexibility index (Phi) is 6.47. The Balaban J connectivity index is 0.000000673. The molecular weight excluding hydrogens is 212 g/mol. The fourth-order valence-corrected chi connectivity index (χ4v) is 0.940. The van der Waals surface area contributed by atoms with Crippen LogP contribution in [0.25, 0.3) is 0 Å². The highest BCUT2D eigenvalue weighted by molar-refractivity contribution is 5.88. The van der Waals surface area contributed by atoms with E-state index in [9.17, 15) is 4.79 Å². The van der Waals surface area contributed by atoms with Crippen molar-refractivity contribution in [3.05, 3.63) is 18.0 Å². The molecule has 6 nitrogen and oxygen atoms in total. The van der Waals surface area contributed by atoms with Crippen molar-refractivity contribution in [3.8, 4) is 0 Å². The van der Waals surface area contributed by atoms with E-state index in [-0.39, 0.29) is 18.2 Å². The maximum absolute atomic E-state index is 11.2. The quantitative estimate of drug-likeness (QED) is 0.720. The molecular formula is C10H14N2O4. The summed E-state index contributed by atoms with van der Waals surface area (Å²) in [4.78, 5) is 27.5. The van der Waals surface area contributed by atoms with Gasteiger partial charge in [-0.3, -0.25) is 4.68 Å². The predicted molar refractivity (Wildman–Crippen MR) is 53.6 cm³/mol. The van der Waals surface area contributed by atoms with Crippen molar-refractivity contribution in [1.82, 2.24) is 9.78 Å². The van der Waals surface area contributed by atoms with Crippen molar-refractivity contribution in [1.29, 1.82) is 0 Å². The molecule has 0 N–H and O–H groups in total. The Morgan fingerprint density at radius 3 is 2.50 bits per heavy atom. The molecule has 0 aromatic carbocycles. The van der Waals surface area contributed by atoms with Crippen LogP contribution < -0.4 is 0 Å². The molecule has 0 saturated carbocycles. The largest absolute Gasteiger partial charge is 0.462 e. The van der Waals surface area contributed by atoms with Gasteiger partial charge in [-0.05, 0) is 20.8 Å². The lowest BCUT2D eigenvalue weighted by Gasteiger charge is -2.02. The average Bonchev–Trinajstić information content (AvgIpc) is 2.68. The number of carbonyl (C=O) groups excluding carboxylic acids is 3. The third-order valence-corrected chi connectivity index (χ3v) is 1.64. The summed E-state index contributed by atoms with van der Waals surface area (Å²) in [6.45, 7) is 6.18. The van der Waals surface area contributed by atoms with Gasteiger partial charge in [-0.2, -0.15) is 14.7 Å². The van der Waals surface area contributed by atoms with Gasteiger partial charge < -0.3 is 4.74 Å². The van der Waals surface area contributed by atoms with Crippen molar-refractivity contribution in [2.45, 2.75) is 26.8 Å². The molecule has 0 aliphatic rings. The maximum atomic E-state index is 11.2. The number of hydrogen-bond acceptors (Lipinski definition) is 5. The van der Waals surface area contributed by atoms with Crippen LogP contribution in [0.5, 0.6) is 0 Å². The van der Waals surface area contributed by atoms with Gasteiger partial charge in [0.05, 0.1) is 18.4 Å². The summed E-state index contributed by atoms with van der Waals surface area (Å²) in [6, 6.07) is 0.267. The highest BCUT2D eigenvalue weighted by atomic mass is 16.5. The van der Waals surface area contributed by atoms with Gasteiger partial charge in [0.2, 0.25) is 0 Å². The number of carbonyl (C=O) groups is 1. The monoisotopic (exact) mass is 226 g/mol. The van der Waals surface area contributed by atoms with Crippen molar-refractivity contribution in [2.75, 3.05) is 6.61 Å². The zero-order valence-electron chi connectivity index (χ0n) is 9.47. The summed E-state index contributed by atoms with van der Waals surface area (Å²) in [6.07, 6.45) is 3.47. The maximum Gasteiger partial charge on any atom is 0.373 e. The molecule has 0 spiro atoms. The van der Waals surface area contributed by atoms with E-state index >= 15 is 0 Å². The summed E-state index contributed by atoms with van der Waals surface area (Å²) < 4.78 is 6.56. The Labute approximate surface area is 93.2 Å². The zero-order valence-corrected chi connectivity index (χ0v) is 9.47. The first-order valence-electron chi connectivity index (χ1n) is 4.77. The minimum absolute atomic E-state index is 0.250. The predicted octanol–water partition coefficient (Wildman–Crippen LogP) is 1.06. The average molecular weight is 226 g/mol. The fourth-order valence-electron chi connectivity index (χ4n) is 0.940. The normalized spacial score (nSPS) is 9.00. The van der Waals surface area contributed by atoms with E-state index in [1.165, 1.54) is 6.20 Å². The molecule has 0 unspecified atom stereocenters. The summed E-state index contributed by atoms with van der Waals surface area (Å²) in [5, 5.41) is 4.03. The second-order valence-corrected chi connectivity index (χ2v) is 3.11. The Bertz CT molecular complexity index is 365. The topological polar surface area (TPSA) is 78.3 Å². The summed E-state index contributed by atoms with van der Waals surface area (Å²) in [5.41, 5.74) is 0.510. The van der Waals surface area contributed by atoms with Crippen LogP contribution in [0, 0.1) is 0 Å². The third-order valence-electron chi connectivity index (χ3n) is 1.64. The number of hydrogen-bond donors (Lipinski definition) is 0. The molecule has 6 heteroatoms. The van der Waals surface area contributed by atoms with E-state index in [2.05, 4.69) is 5.10 Å². The van der Waals surface area contributed by atoms with Crippen molar-refractivity contribution < 1.29 is 19.1 Å². The molecule has 1 rings (SSSR count). The van der Waals surface area contributed by atoms with Gasteiger partial charge in [0.15, 0.2) is 0 Å². The molecule has 1 heterocycles. The van der Waals surface area contributed by atoms with E-state index < -0.39 is 0 Å². The summed E-state index contributed by atoms with van der Waals surface area (Å²) >= 11 is 0. The molecule has 88 valence electrons. The van der Waals surface area contributed by atoms with Crippen molar-refractivity contribution in [3.63, 3.8) is 0 Å². The van der Waals surface area contributed by atoms with Gasteiger partial charge >= 0.3 is 12.1 Å². The lowest BCUT2D eigenvalue weighted by molar-refractivity contribution is -0.191. The van der Waals surface area contributed by atoms with Crippen molar-refractivity contribution in [2.24, 2.45) is 0 Å². The second kappa shape index (κ2) is 7.36. The van der Waals surface area contributed by atoms with Crippen LogP contribution in [0.4, 0.5) is 0 Å². The van der Waals surface area contributed by atoms with Crippen LogP contribution in [0.3, 0.4) is 0 Å². The van der Waals surface area contributed by atoms with Crippen LogP contribution in [0.15, 0.2) is 12.4 Å². The minimum atomic E-state index is -0.311. The van der Waals surface area contributed by atoms with E-state index in [1.807, 2.05) is 13.8 Å². The van der Waals surface area contributed by atoms with E-state index in [0.29, 0.717) is 12.2 Å². The first kappa shape index (κ1) is 14.1. The van der Waals surface area contributed by atoms with Crippen LogP contribution in [-0.4, -0.2) is 28.5 Å². The Morgan fingerprint density at radius 2 is 2.12 bits per heavy atom. The van der Waals surface area contributed by atoms with E-state index in [0.717, 1.165) is 0 Å². The lowest BCUT2D eigenvalue weighted by atomic mass is 10.3. The van der Waals surface area contributed by atoms with Crippen LogP contribution in [-0.2, 0) is 14.3 Å². The van der Waals surface area contributed by atoms with Gasteiger partial charge in [0.25, 0.3) is 0 Å². The lowest BCUT2D eigenvalue weighted by Crippen LogP contribution is -2.04. The second-order valence-electron chi connectivity index (χ2n) is 3.11. The number of ether oxygens (including phenoxy) is 1. The molecule has 0 aliphatic heterocycles. The highest BCUT2D eigenvalue weighted by Gasteiger charge is 2.09. The Hall–Kier alpha value is -1.94. The molecule has 0 radical (unpaired) electrons. The first-order chi connectivity index (χ1) is 7.56. The zero-order chi connectivity index (χ0) is 12.6. The van der Waals surface area contributed by atoms with Crippen LogP contribution >= 0.6 is 0 Å². The smallest absolute Gasteiger partial charge is 0.373 e. The van der Waals surface area contributed by atoms with Gasteiger partial charge in [0.1, 0.15) is 0 Å². The van der Waals surface area contributed by atoms with Crippen LogP contribution in [0.1, 0.15) is 37.2 Å². The van der Waals surface area contributed by atoms with Gasteiger partial charge in [0, 0.05) is 12.2 Å². The molecule has 1 aromatic heterocycles. The first-order valence-corrected chi connectivity index (χ1v) is 4.77. The molecule has 1 aromatic rings. The Morgan fingerprint density at radius 1 is 1.56 bits per heavy atom. The van der Waals surface area contributed by atoms with Gasteiger partial charge in [-0.15, -0.1) is 0 Å². The van der Waals surface area contributed by atoms with E-state index in [1.54, 1.807) is 17.8 Å². The highest BCUT2D eigenvalue weighted by Crippen LogP contribution is 2.06. The SMILES string of the molecule is CCOC(=O)c1cnn(C(C)C)c1.O=C=O. The summed E-state index contributed by atoms with van der Waals surface area (Å²) in [5.74, 6) is -0.311. The number of aromatic nitrogens is 2. The molecule has 0 fully saturated rings. The molecule has 0 aliphatic carbocycles. The minimum Gasteiger partial charge on any atom is -0.462 e.